The number of nitrogens with two attached hydrogens (primary N) is 1. The zero-order chi connectivity index (χ0) is 15.9. The van der Waals surface area contributed by atoms with Gasteiger partial charge in [-0.15, -0.1) is 0 Å². The maximum Gasteiger partial charge on any atom is 0.246 e. The van der Waals surface area contributed by atoms with Crippen molar-refractivity contribution in [2.75, 3.05) is 20.2 Å². The average Bonchev–Trinajstić information content (AvgIpc) is 2.55. The van der Waals surface area contributed by atoms with Gasteiger partial charge in [0.2, 0.25) is 5.91 Å². The van der Waals surface area contributed by atoms with Crippen LogP contribution in [0.5, 0.6) is 5.75 Å². The van der Waals surface area contributed by atoms with Gasteiger partial charge in [-0.2, -0.15) is 0 Å². The number of rotatable bonds is 5. The Kier molecular flexibility index (Phi) is 6.01. The van der Waals surface area contributed by atoms with Crippen molar-refractivity contribution in [1.82, 2.24) is 4.90 Å². The van der Waals surface area contributed by atoms with Gasteiger partial charge in [0.1, 0.15) is 5.75 Å². The van der Waals surface area contributed by atoms with Crippen LogP contribution in [0, 0.1) is 0 Å². The van der Waals surface area contributed by atoms with Crippen molar-refractivity contribution in [3.63, 3.8) is 0 Å². The maximum absolute atomic E-state index is 12.5. The van der Waals surface area contributed by atoms with E-state index in [4.69, 9.17) is 10.5 Å². The third-order valence-corrected chi connectivity index (χ3v) is 4.21. The van der Waals surface area contributed by atoms with Crippen molar-refractivity contribution < 1.29 is 9.53 Å². The Hall–Kier alpha value is -1.81. The van der Waals surface area contributed by atoms with Crippen LogP contribution in [-0.2, 0) is 11.2 Å². The van der Waals surface area contributed by atoms with E-state index in [1.165, 1.54) is 0 Å². The van der Waals surface area contributed by atoms with Gasteiger partial charge >= 0.3 is 0 Å². The Morgan fingerprint density at radius 3 is 2.91 bits per heavy atom. The number of allylic oxidation sites excluding steroid dienone is 1. The second kappa shape index (κ2) is 7.99. The lowest BCUT2D eigenvalue weighted by atomic mass is 10.0. The minimum absolute atomic E-state index is 0.0857. The highest BCUT2D eigenvalue weighted by Crippen LogP contribution is 2.21. The molecule has 1 atom stereocenters. The molecule has 0 spiro atoms. The van der Waals surface area contributed by atoms with Crippen molar-refractivity contribution in [2.24, 2.45) is 5.73 Å². The number of carbonyl (C=O) groups excluding carboxylic acids is 1. The monoisotopic (exact) mass is 302 g/mol. The number of amides is 1. The molecule has 1 saturated heterocycles. The summed E-state index contributed by atoms with van der Waals surface area (Å²) in [4.78, 5) is 14.4. The molecule has 120 valence electrons. The lowest BCUT2D eigenvalue weighted by molar-refractivity contribution is -0.129. The van der Waals surface area contributed by atoms with Crippen molar-refractivity contribution in [3.05, 3.63) is 41.5 Å². The van der Waals surface area contributed by atoms with Crippen LogP contribution in [-0.4, -0.2) is 37.0 Å². The molecule has 1 fully saturated rings. The molecule has 0 radical (unpaired) electrons. The molecule has 1 unspecified atom stereocenters. The Labute approximate surface area is 132 Å². The summed E-state index contributed by atoms with van der Waals surface area (Å²) in [6.07, 6.45) is 5.72. The first-order valence-electron chi connectivity index (χ1n) is 7.95. The average molecular weight is 302 g/mol. The molecule has 0 aliphatic carbocycles. The van der Waals surface area contributed by atoms with Crippen molar-refractivity contribution in [1.29, 1.82) is 0 Å². The lowest BCUT2D eigenvalue weighted by Crippen LogP contribution is -2.46. The number of nitrogens with zero attached hydrogens (tertiary/aromatic N) is 1. The Bertz CT molecular complexity index is 540. The highest BCUT2D eigenvalue weighted by Gasteiger charge is 2.24. The van der Waals surface area contributed by atoms with Crippen molar-refractivity contribution >= 4 is 5.91 Å². The second-order valence-electron chi connectivity index (χ2n) is 5.90. The van der Waals surface area contributed by atoms with Gasteiger partial charge in [0, 0.05) is 25.2 Å². The Balaban J connectivity index is 2.06. The van der Waals surface area contributed by atoms with E-state index >= 15 is 0 Å². The predicted molar refractivity (Wildman–Crippen MR) is 88.9 cm³/mol. The second-order valence-corrected chi connectivity index (χ2v) is 5.90. The molecule has 4 nitrogen and oxygen atoms in total. The fraction of sp³-hybridized carbons (Fsp3) is 0.500. The Morgan fingerprint density at radius 1 is 1.41 bits per heavy atom. The van der Waals surface area contributed by atoms with E-state index in [0.29, 0.717) is 6.54 Å². The molecule has 1 aromatic rings. The first-order valence-corrected chi connectivity index (χ1v) is 7.95. The minimum Gasteiger partial charge on any atom is -0.496 e. The molecule has 0 aromatic heterocycles. The normalized spacial score (nSPS) is 19.1. The number of likely N-dealkylation sites (tertiary alicyclic amines) is 1. The van der Waals surface area contributed by atoms with Gasteiger partial charge in [-0.05, 0) is 44.2 Å². The molecule has 1 aliphatic heterocycles. The summed E-state index contributed by atoms with van der Waals surface area (Å²) in [7, 11) is 1.67. The first-order chi connectivity index (χ1) is 10.7. The van der Waals surface area contributed by atoms with Crippen LogP contribution in [0.1, 0.15) is 31.7 Å². The van der Waals surface area contributed by atoms with Crippen LogP contribution in [0.3, 0.4) is 0 Å². The van der Waals surface area contributed by atoms with Crippen LogP contribution >= 0.6 is 0 Å². The van der Waals surface area contributed by atoms with Crippen LogP contribution in [0.2, 0.25) is 0 Å². The van der Waals surface area contributed by atoms with Crippen molar-refractivity contribution in [2.45, 2.75) is 38.6 Å². The number of hydrogen-bond donors (Lipinski definition) is 1. The van der Waals surface area contributed by atoms with E-state index in [2.05, 4.69) is 0 Å². The summed E-state index contributed by atoms with van der Waals surface area (Å²) in [6.45, 7) is 3.36. The highest BCUT2D eigenvalue weighted by molar-refractivity contribution is 5.88. The summed E-state index contributed by atoms with van der Waals surface area (Å²) < 4.78 is 5.36. The molecule has 2 N–H and O–H groups in total. The molecule has 0 bridgehead atoms. The van der Waals surface area contributed by atoms with E-state index in [1.807, 2.05) is 36.1 Å². The van der Waals surface area contributed by atoms with E-state index in [0.717, 1.165) is 49.1 Å². The number of methoxy groups -OCH3 is 1. The number of ether oxygens (including phenoxy) is 1. The molecule has 0 saturated carbocycles. The third kappa shape index (κ3) is 4.10. The molecule has 22 heavy (non-hydrogen) atoms. The highest BCUT2D eigenvalue weighted by atomic mass is 16.5. The standard InChI is InChI=1S/C18H26N2O2/c1-14(11-15-7-3-4-9-17(15)22-2)12-18(21)20-10-6-5-8-16(20)13-19/h3-4,7,9,12,16H,5-6,8,10-11,13,19H2,1-2H3/b14-12+. The molecular formula is C18H26N2O2. The summed E-state index contributed by atoms with van der Waals surface area (Å²) in [5.74, 6) is 0.947. The molecule has 1 heterocycles. The van der Waals surface area contributed by atoms with E-state index < -0.39 is 0 Å². The van der Waals surface area contributed by atoms with Gasteiger partial charge in [-0.25, -0.2) is 0 Å². The zero-order valence-corrected chi connectivity index (χ0v) is 13.5. The predicted octanol–water partition coefficient (Wildman–Crippen LogP) is 2.52. The Morgan fingerprint density at radius 2 is 2.18 bits per heavy atom. The van der Waals surface area contributed by atoms with Gasteiger partial charge < -0.3 is 15.4 Å². The fourth-order valence-electron chi connectivity index (χ4n) is 3.03. The zero-order valence-electron chi connectivity index (χ0n) is 13.5. The third-order valence-electron chi connectivity index (χ3n) is 4.21. The number of carbonyl (C=O) groups is 1. The van der Waals surface area contributed by atoms with Gasteiger partial charge in [0.15, 0.2) is 0 Å². The minimum atomic E-state index is 0.0857. The number of hydrogen-bond acceptors (Lipinski definition) is 3. The van der Waals surface area contributed by atoms with Gasteiger partial charge in [-0.1, -0.05) is 23.8 Å². The van der Waals surface area contributed by atoms with Gasteiger partial charge in [0.25, 0.3) is 0 Å². The largest absolute Gasteiger partial charge is 0.496 e. The SMILES string of the molecule is COc1ccccc1C/C(C)=C/C(=O)N1CCCCC1CN. The van der Waals surface area contributed by atoms with Gasteiger partial charge in [0.05, 0.1) is 7.11 Å². The van der Waals surface area contributed by atoms with E-state index in [9.17, 15) is 4.79 Å². The number of piperidine rings is 1. The lowest BCUT2D eigenvalue weighted by Gasteiger charge is -2.34. The topological polar surface area (TPSA) is 55.6 Å². The summed E-state index contributed by atoms with van der Waals surface area (Å²) in [5, 5.41) is 0. The van der Waals surface area contributed by atoms with Crippen LogP contribution in [0.15, 0.2) is 35.9 Å². The van der Waals surface area contributed by atoms with Gasteiger partial charge in [-0.3, -0.25) is 4.79 Å². The quantitative estimate of drug-likeness (QED) is 0.850. The molecule has 1 amide bonds. The first kappa shape index (κ1) is 16.6. The molecule has 1 aromatic carbocycles. The smallest absolute Gasteiger partial charge is 0.246 e. The molecule has 2 rings (SSSR count). The van der Waals surface area contributed by atoms with Crippen LogP contribution in [0.4, 0.5) is 0 Å². The van der Waals surface area contributed by atoms with E-state index in [-0.39, 0.29) is 11.9 Å². The van der Waals surface area contributed by atoms with Crippen LogP contribution < -0.4 is 10.5 Å². The van der Waals surface area contributed by atoms with Crippen molar-refractivity contribution in [3.8, 4) is 5.75 Å². The number of benzene rings is 1. The van der Waals surface area contributed by atoms with Crippen LogP contribution in [0.25, 0.3) is 0 Å². The maximum atomic E-state index is 12.5. The summed E-state index contributed by atoms with van der Waals surface area (Å²) >= 11 is 0. The molecular weight excluding hydrogens is 276 g/mol. The van der Waals surface area contributed by atoms with E-state index in [1.54, 1.807) is 13.2 Å². The molecule has 4 heteroatoms. The summed E-state index contributed by atoms with van der Waals surface area (Å²) in [5.41, 5.74) is 7.93. The fourth-order valence-corrected chi connectivity index (χ4v) is 3.03. The molecule has 1 aliphatic rings. The number of para-hydroxylation sites is 1. The summed E-state index contributed by atoms with van der Waals surface area (Å²) in [6, 6.07) is 8.11.